The lowest BCUT2D eigenvalue weighted by Gasteiger charge is -2.21. The van der Waals surface area contributed by atoms with Crippen LogP contribution in [0.1, 0.15) is 34.9 Å². The standard InChI is InChI=1S/C18H18F3NOS2/c1-12-7-8-25-16(12)15-9-17(2,23-22-15)11-24-10-13-5-3-4-6-14(13)18(19,20)21/h3-8H,9-11H2,1-2H3. The highest BCUT2D eigenvalue weighted by Crippen LogP contribution is 2.36. The smallest absolute Gasteiger partial charge is 0.388 e. The Hall–Kier alpha value is -1.47. The first kappa shape index (κ1) is 18.3. The highest BCUT2D eigenvalue weighted by atomic mass is 32.2. The van der Waals surface area contributed by atoms with E-state index >= 15 is 0 Å². The molecule has 0 saturated heterocycles. The summed E-state index contributed by atoms with van der Waals surface area (Å²) in [5.41, 5.74) is 1.35. The number of hydrogen-bond donors (Lipinski definition) is 0. The summed E-state index contributed by atoms with van der Waals surface area (Å²) in [6, 6.07) is 7.76. The molecule has 2 heterocycles. The predicted molar refractivity (Wildman–Crippen MR) is 97.3 cm³/mol. The summed E-state index contributed by atoms with van der Waals surface area (Å²) in [5.74, 6) is 0.874. The summed E-state index contributed by atoms with van der Waals surface area (Å²) < 4.78 is 39.1. The molecular formula is C18H18F3NOS2. The molecule has 0 radical (unpaired) electrons. The predicted octanol–water partition coefficient (Wildman–Crippen LogP) is 5.89. The molecule has 1 aromatic carbocycles. The quantitative estimate of drug-likeness (QED) is 0.640. The van der Waals surface area contributed by atoms with E-state index < -0.39 is 17.3 Å². The highest BCUT2D eigenvalue weighted by molar-refractivity contribution is 7.98. The van der Waals surface area contributed by atoms with Crippen molar-refractivity contribution in [3.05, 3.63) is 57.3 Å². The molecule has 3 rings (SSSR count). The fraction of sp³-hybridized carbons (Fsp3) is 0.389. The summed E-state index contributed by atoms with van der Waals surface area (Å²) in [4.78, 5) is 6.74. The molecule has 0 spiro atoms. The first-order valence-electron chi connectivity index (χ1n) is 7.81. The van der Waals surface area contributed by atoms with E-state index in [4.69, 9.17) is 4.84 Å². The minimum Gasteiger partial charge on any atom is -0.388 e. The average Bonchev–Trinajstić information content (AvgIpc) is 3.13. The summed E-state index contributed by atoms with van der Waals surface area (Å²) in [6.45, 7) is 3.99. The van der Waals surface area contributed by atoms with Crippen LogP contribution in [0.3, 0.4) is 0 Å². The maximum atomic E-state index is 13.0. The summed E-state index contributed by atoms with van der Waals surface area (Å²) in [7, 11) is 0. The van der Waals surface area contributed by atoms with Crippen LogP contribution >= 0.6 is 23.1 Å². The van der Waals surface area contributed by atoms with Crippen LogP contribution in [0.2, 0.25) is 0 Å². The monoisotopic (exact) mass is 385 g/mol. The number of nitrogens with zero attached hydrogens (tertiary/aromatic N) is 1. The van der Waals surface area contributed by atoms with Crippen LogP contribution < -0.4 is 0 Å². The van der Waals surface area contributed by atoms with Gasteiger partial charge in [0, 0.05) is 17.9 Å². The zero-order chi connectivity index (χ0) is 18.1. The molecule has 25 heavy (non-hydrogen) atoms. The molecule has 134 valence electrons. The van der Waals surface area contributed by atoms with E-state index in [1.54, 1.807) is 17.4 Å². The van der Waals surface area contributed by atoms with E-state index in [1.165, 1.54) is 29.5 Å². The van der Waals surface area contributed by atoms with Gasteiger partial charge in [0.25, 0.3) is 0 Å². The minimum atomic E-state index is -4.32. The van der Waals surface area contributed by atoms with Gasteiger partial charge in [-0.05, 0) is 42.5 Å². The van der Waals surface area contributed by atoms with Crippen molar-refractivity contribution in [2.45, 2.75) is 37.8 Å². The Balaban J connectivity index is 1.60. The Morgan fingerprint density at radius 1 is 1.28 bits per heavy atom. The molecule has 0 fully saturated rings. The number of halogens is 3. The largest absolute Gasteiger partial charge is 0.416 e. The number of thioether (sulfide) groups is 1. The average molecular weight is 385 g/mol. The molecule has 0 N–H and O–H groups in total. The van der Waals surface area contributed by atoms with Gasteiger partial charge in [-0.1, -0.05) is 23.4 Å². The second-order valence-electron chi connectivity index (χ2n) is 6.34. The Kier molecular flexibility index (Phi) is 5.16. The Bertz CT molecular complexity index is 785. The molecule has 1 atom stereocenters. The van der Waals surface area contributed by atoms with Gasteiger partial charge >= 0.3 is 6.18 Å². The van der Waals surface area contributed by atoms with Gasteiger partial charge < -0.3 is 4.84 Å². The molecule has 1 aromatic heterocycles. The van der Waals surface area contributed by atoms with Crippen molar-refractivity contribution in [1.82, 2.24) is 0 Å². The minimum absolute atomic E-state index is 0.294. The molecule has 2 nitrogen and oxygen atoms in total. The van der Waals surface area contributed by atoms with Gasteiger partial charge in [-0.15, -0.1) is 11.3 Å². The van der Waals surface area contributed by atoms with Crippen LogP contribution in [-0.2, 0) is 16.8 Å². The first-order chi connectivity index (χ1) is 11.8. The third-order valence-electron chi connectivity index (χ3n) is 4.03. The molecule has 0 bridgehead atoms. The molecule has 0 aliphatic carbocycles. The summed E-state index contributed by atoms with van der Waals surface area (Å²) in [6.07, 6.45) is -3.65. The SMILES string of the molecule is Cc1ccsc1C1=NOC(C)(CSCc2ccccc2C(F)(F)F)C1. The van der Waals surface area contributed by atoms with Crippen molar-refractivity contribution in [2.24, 2.45) is 5.16 Å². The van der Waals surface area contributed by atoms with Gasteiger partial charge in [0.05, 0.1) is 10.4 Å². The van der Waals surface area contributed by atoms with Crippen molar-refractivity contribution >= 4 is 28.8 Å². The van der Waals surface area contributed by atoms with E-state index in [0.717, 1.165) is 16.7 Å². The molecule has 0 saturated carbocycles. The molecule has 0 amide bonds. The van der Waals surface area contributed by atoms with Crippen LogP contribution in [0.4, 0.5) is 13.2 Å². The maximum Gasteiger partial charge on any atom is 0.416 e. The lowest BCUT2D eigenvalue weighted by atomic mass is 10.0. The maximum absolute atomic E-state index is 13.0. The van der Waals surface area contributed by atoms with E-state index in [9.17, 15) is 13.2 Å². The molecule has 1 aliphatic rings. The first-order valence-corrected chi connectivity index (χ1v) is 9.84. The second-order valence-corrected chi connectivity index (χ2v) is 8.24. The number of oxime groups is 1. The summed E-state index contributed by atoms with van der Waals surface area (Å²) in [5, 5.41) is 6.23. The number of thiophene rings is 1. The van der Waals surface area contributed by atoms with Gasteiger partial charge in [0.15, 0.2) is 0 Å². The number of rotatable bonds is 5. The van der Waals surface area contributed by atoms with Gasteiger partial charge in [-0.3, -0.25) is 0 Å². The van der Waals surface area contributed by atoms with Crippen LogP contribution in [0.5, 0.6) is 0 Å². The molecule has 2 aromatic rings. The lowest BCUT2D eigenvalue weighted by Crippen LogP contribution is -2.28. The topological polar surface area (TPSA) is 21.6 Å². The van der Waals surface area contributed by atoms with Gasteiger partial charge in [0.1, 0.15) is 11.3 Å². The fourth-order valence-electron chi connectivity index (χ4n) is 2.75. The normalized spacial score (nSPS) is 20.4. The van der Waals surface area contributed by atoms with E-state index in [-0.39, 0.29) is 0 Å². The van der Waals surface area contributed by atoms with E-state index in [0.29, 0.717) is 23.5 Å². The van der Waals surface area contributed by atoms with Gasteiger partial charge in [-0.2, -0.15) is 24.9 Å². The van der Waals surface area contributed by atoms with E-state index in [2.05, 4.69) is 5.16 Å². The second kappa shape index (κ2) is 7.03. The number of hydrogen-bond acceptors (Lipinski definition) is 4. The lowest BCUT2D eigenvalue weighted by molar-refractivity contribution is -0.138. The zero-order valence-corrected chi connectivity index (χ0v) is 15.5. The van der Waals surface area contributed by atoms with Crippen molar-refractivity contribution in [1.29, 1.82) is 0 Å². The number of benzene rings is 1. The Morgan fingerprint density at radius 2 is 2.04 bits per heavy atom. The zero-order valence-electron chi connectivity index (χ0n) is 13.9. The number of aryl methyl sites for hydroxylation is 1. The van der Waals surface area contributed by atoms with E-state index in [1.807, 2.05) is 25.3 Å². The van der Waals surface area contributed by atoms with Crippen LogP contribution in [-0.4, -0.2) is 17.1 Å². The summed E-state index contributed by atoms with van der Waals surface area (Å²) >= 11 is 3.07. The van der Waals surface area contributed by atoms with Gasteiger partial charge in [0.2, 0.25) is 0 Å². The highest BCUT2D eigenvalue weighted by Gasteiger charge is 2.36. The molecule has 7 heteroatoms. The fourth-order valence-corrected chi connectivity index (χ4v) is 4.82. The van der Waals surface area contributed by atoms with Crippen LogP contribution in [0, 0.1) is 6.92 Å². The molecular weight excluding hydrogens is 367 g/mol. The van der Waals surface area contributed by atoms with Crippen molar-refractivity contribution in [3.8, 4) is 0 Å². The van der Waals surface area contributed by atoms with Crippen molar-refractivity contribution < 1.29 is 18.0 Å². The molecule has 1 unspecified atom stereocenters. The molecule has 1 aliphatic heterocycles. The third kappa shape index (κ3) is 4.20. The van der Waals surface area contributed by atoms with Crippen molar-refractivity contribution in [3.63, 3.8) is 0 Å². The Morgan fingerprint density at radius 3 is 2.72 bits per heavy atom. The van der Waals surface area contributed by atoms with Crippen LogP contribution in [0.25, 0.3) is 0 Å². The number of alkyl halides is 3. The van der Waals surface area contributed by atoms with Gasteiger partial charge in [-0.25, -0.2) is 0 Å². The van der Waals surface area contributed by atoms with Crippen LogP contribution in [0.15, 0.2) is 40.9 Å². The van der Waals surface area contributed by atoms with Crippen molar-refractivity contribution in [2.75, 3.05) is 5.75 Å². The Labute approximate surface area is 153 Å². The third-order valence-corrected chi connectivity index (χ3v) is 6.42.